The van der Waals surface area contributed by atoms with E-state index in [1.807, 2.05) is 0 Å². The Balaban J connectivity index is 2.09. The zero-order valence-electron chi connectivity index (χ0n) is 13.4. The average molecular weight is 274 g/mol. The topological polar surface area (TPSA) is 15.3 Å². The maximum Gasteiger partial charge on any atom is 0.0480 e. The van der Waals surface area contributed by atoms with Crippen LogP contribution < -0.4 is 5.32 Å². The van der Waals surface area contributed by atoms with Gasteiger partial charge in [-0.05, 0) is 50.5 Å². The van der Waals surface area contributed by atoms with Crippen molar-refractivity contribution in [1.82, 2.24) is 10.2 Å². The Morgan fingerprint density at radius 1 is 1.20 bits per heavy atom. The smallest absolute Gasteiger partial charge is 0.0480 e. The van der Waals surface area contributed by atoms with Crippen LogP contribution in [0, 0.1) is 0 Å². The fourth-order valence-corrected chi connectivity index (χ4v) is 3.46. The van der Waals surface area contributed by atoms with Gasteiger partial charge in [-0.15, -0.1) is 0 Å². The van der Waals surface area contributed by atoms with E-state index in [-0.39, 0.29) is 0 Å². The summed E-state index contributed by atoms with van der Waals surface area (Å²) in [6, 6.07) is 10.1. The van der Waals surface area contributed by atoms with E-state index >= 15 is 0 Å². The highest BCUT2D eigenvalue weighted by molar-refractivity contribution is 5.34. The molecule has 0 radical (unpaired) electrons. The van der Waals surface area contributed by atoms with Crippen molar-refractivity contribution in [1.29, 1.82) is 0 Å². The summed E-state index contributed by atoms with van der Waals surface area (Å²) in [4.78, 5) is 2.58. The van der Waals surface area contributed by atoms with Crippen LogP contribution >= 0.6 is 0 Å². The largest absolute Gasteiger partial charge is 0.309 e. The van der Waals surface area contributed by atoms with Crippen molar-refractivity contribution < 1.29 is 0 Å². The highest BCUT2D eigenvalue weighted by atomic mass is 15.2. The molecule has 2 heteroatoms. The molecule has 0 bridgehead atoms. The molecule has 0 aromatic heterocycles. The van der Waals surface area contributed by atoms with Gasteiger partial charge < -0.3 is 10.2 Å². The van der Waals surface area contributed by atoms with Crippen molar-refractivity contribution in [3.63, 3.8) is 0 Å². The van der Waals surface area contributed by atoms with Gasteiger partial charge in [0.25, 0.3) is 0 Å². The highest BCUT2D eigenvalue weighted by Crippen LogP contribution is 2.32. The van der Waals surface area contributed by atoms with Crippen molar-refractivity contribution in [3.05, 3.63) is 35.4 Å². The second kappa shape index (κ2) is 7.80. The Labute approximate surface area is 124 Å². The molecule has 20 heavy (non-hydrogen) atoms. The summed E-state index contributed by atoms with van der Waals surface area (Å²) in [6.07, 6.45) is 6.47. The highest BCUT2D eigenvalue weighted by Gasteiger charge is 2.30. The van der Waals surface area contributed by atoms with E-state index in [0.717, 1.165) is 6.54 Å². The lowest BCUT2D eigenvalue weighted by Gasteiger charge is -2.39. The molecule has 1 aliphatic carbocycles. The predicted molar refractivity (Wildman–Crippen MR) is 87.1 cm³/mol. The van der Waals surface area contributed by atoms with Crippen LogP contribution in [0.4, 0.5) is 0 Å². The number of nitrogens with zero attached hydrogens (tertiary/aromatic N) is 1. The minimum absolute atomic E-state index is 0.497. The molecule has 0 fully saturated rings. The quantitative estimate of drug-likeness (QED) is 0.761. The van der Waals surface area contributed by atoms with E-state index in [1.54, 1.807) is 0 Å². The van der Waals surface area contributed by atoms with Gasteiger partial charge in [0.15, 0.2) is 0 Å². The van der Waals surface area contributed by atoms with Crippen LogP contribution in [0.15, 0.2) is 24.3 Å². The Morgan fingerprint density at radius 3 is 2.75 bits per heavy atom. The van der Waals surface area contributed by atoms with Crippen LogP contribution in [-0.4, -0.2) is 31.1 Å². The minimum atomic E-state index is 0.497. The number of hydrogen-bond acceptors (Lipinski definition) is 2. The number of benzene rings is 1. The normalized spacial score (nSPS) is 22.0. The zero-order chi connectivity index (χ0) is 14.4. The Bertz CT molecular complexity index is 402. The number of unbranched alkanes of at least 4 members (excludes halogenated alkanes) is 2. The SMILES string of the molecule is CCCCCN(C)C1CCc2ccccc2C1NCC. The summed E-state index contributed by atoms with van der Waals surface area (Å²) in [5.41, 5.74) is 3.06. The van der Waals surface area contributed by atoms with Crippen LogP contribution in [0.3, 0.4) is 0 Å². The number of rotatable bonds is 7. The molecule has 0 spiro atoms. The summed E-state index contributed by atoms with van der Waals surface area (Å²) in [7, 11) is 2.30. The van der Waals surface area contributed by atoms with E-state index in [1.165, 1.54) is 49.8 Å². The van der Waals surface area contributed by atoms with Crippen molar-refractivity contribution in [2.45, 2.75) is 58.0 Å². The molecule has 1 aromatic rings. The maximum atomic E-state index is 3.72. The van der Waals surface area contributed by atoms with Gasteiger partial charge in [0.1, 0.15) is 0 Å². The van der Waals surface area contributed by atoms with E-state index < -0.39 is 0 Å². The lowest BCUT2D eigenvalue weighted by molar-refractivity contribution is 0.171. The average Bonchev–Trinajstić information content (AvgIpc) is 2.48. The summed E-state index contributed by atoms with van der Waals surface area (Å²) < 4.78 is 0. The van der Waals surface area contributed by atoms with Crippen LogP contribution in [-0.2, 0) is 6.42 Å². The molecular formula is C18H30N2. The molecule has 1 N–H and O–H groups in total. The maximum absolute atomic E-state index is 3.72. The molecule has 2 nitrogen and oxygen atoms in total. The predicted octanol–water partition coefficient (Wildman–Crippen LogP) is 3.77. The van der Waals surface area contributed by atoms with E-state index in [9.17, 15) is 0 Å². The molecule has 0 heterocycles. The van der Waals surface area contributed by atoms with Crippen molar-refractivity contribution in [2.75, 3.05) is 20.1 Å². The third-order valence-electron chi connectivity index (χ3n) is 4.59. The van der Waals surface area contributed by atoms with Gasteiger partial charge in [0.05, 0.1) is 0 Å². The summed E-state index contributed by atoms with van der Waals surface area (Å²) >= 11 is 0. The molecule has 2 atom stereocenters. The second-order valence-electron chi connectivity index (χ2n) is 6.03. The van der Waals surface area contributed by atoms with Gasteiger partial charge in [-0.3, -0.25) is 0 Å². The molecule has 1 aliphatic rings. The van der Waals surface area contributed by atoms with Gasteiger partial charge in [0.2, 0.25) is 0 Å². The van der Waals surface area contributed by atoms with Crippen molar-refractivity contribution in [2.24, 2.45) is 0 Å². The van der Waals surface area contributed by atoms with Crippen LogP contribution in [0.5, 0.6) is 0 Å². The first-order valence-corrected chi connectivity index (χ1v) is 8.29. The number of hydrogen-bond donors (Lipinski definition) is 1. The number of fused-ring (bicyclic) bond motifs is 1. The van der Waals surface area contributed by atoms with Crippen LogP contribution in [0.2, 0.25) is 0 Å². The standard InChI is InChI=1S/C18H30N2/c1-4-6-9-14-20(3)17-13-12-15-10-7-8-11-16(15)18(17)19-5-2/h7-8,10-11,17-19H,4-6,9,12-14H2,1-3H3. The molecule has 0 saturated carbocycles. The van der Waals surface area contributed by atoms with Gasteiger partial charge in [-0.2, -0.15) is 0 Å². The second-order valence-corrected chi connectivity index (χ2v) is 6.03. The number of nitrogens with one attached hydrogen (secondary N) is 1. The molecule has 0 amide bonds. The van der Waals surface area contributed by atoms with Crippen LogP contribution in [0.1, 0.15) is 56.7 Å². The third-order valence-corrected chi connectivity index (χ3v) is 4.59. The first kappa shape index (κ1) is 15.5. The summed E-state index contributed by atoms with van der Waals surface area (Å²) in [5.74, 6) is 0. The van der Waals surface area contributed by atoms with Crippen molar-refractivity contribution >= 4 is 0 Å². The molecular weight excluding hydrogens is 244 g/mol. The molecule has 2 unspecified atom stereocenters. The van der Waals surface area contributed by atoms with Gasteiger partial charge in [0, 0.05) is 12.1 Å². The molecule has 0 saturated heterocycles. The third kappa shape index (κ3) is 3.62. The van der Waals surface area contributed by atoms with E-state index in [4.69, 9.17) is 0 Å². The van der Waals surface area contributed by atoms with Gasteiger partial charge >= 0.3 is 0 Å². The Morgan fingerprint density at radius 2 is 2.00 bits per heavy atom. The summed E-state index contributed by atoms with van der Waals surface area (Å²) in [5, 5.41) is 3.72. The molecule has 2 rings (SSSR count). The Kier molecular flexibility index (Phi) is 6.06. The number of aryl methyl sites for hydroxylation is 1. The van der Waals surface area contributed by atoms with Gasteiger partial charge in [-0.25, -0.2) is 0 Å². The first-order valence-electron chi connectivity index (χ1n) is 8.29. The Hall–Kier alpha value is -0.860. The van der Waals surface area contributed by atoms with Crippen molar-refractivity contribution in [3.8, 4) is 0 Å². The van der Waals surface area contributed by atoms with Gasteiger partial charge in [-0.1, -0.05) is 51.0 Å². The fraction of sp³-hybridized carbons (Fsp3) is 0.667. The molecule has 112 valence electrons. The molecule has 1 aromatic carbocycles. The van der Waals surface area contributed by atoms with Crippen LogP contribution in [0.25, 0.3) is 0 Å². The lowest BCUT2D eigenvalue weighted by Crippen LogP contribution is -2.45. The number of likely N-dealkylation sites (N-methyl/N-ethyl adjacent to an activating group) is 2. The fourth-order valence-electron chi connectivity index (χ4n) is 3.46. The minimum Gasteiger partial charge on any atom is -0.309 e. The lowest BCUT2D eigenvalue weighted by atomic mass is 9.83. The molecule has 0 aliphatic heterocycles. The first-order chi connectivity index (χ1) is 9.77. The van der Waals surface area contributed by atoms with E-state index in [0.29, 0.717) is 12.1 Å². The summed E-state index contributed by atoms with van der Waals surface area (Å²) in [6.45, 7) is 6.75. The zero-order valence-corrected chi connectivity index (χ0v) is 13.4. The van der Waals surface area contributed by atoms with E-state index in [2.05, 4.69) is 55.4 Å². The monoisotopic (exact) mass is 274 g/mol.